The van der Waals surface area contributed by atoms with Gasteiger partial charge in [0.25, 0.3) is 11.7 Å². The average molecular weight is 434 g/mol. The van der Waals surface area contributed by atoms with Crippen LogP contribution in [0.3, 0.4) is 0 Å². The Kier molecular flexibility index (Phi) is 5.91. The largest absolute Gasteiger partial charge is 0.507 e. The number of ketones is 1. The molecule has 4 rings (SSSR count). The van der Waals surface area contributed by atoms with Crippen LogP contribution in [0.4, 0.5) is 5.69 Å². The molecule has 1 atom stereocenters. The van der Waals surface area contributed by atoms with Gasteiger partial charge in [0, 0.05) is 16.1 Å². The Balaban J connectivity index is 1.82. The number of aliphatic hydroxyl groups is 1. The lowest BCUT2D eigenvalue weighted by molar-refractivity contribution is -0.132. The number of Topliss-reactive ketones (excluding diaryl/α,β-unsaturated/α-hetero) is 1. The molecule has 1 amide bonds. The number of carbonyl (C=O) groups excluding carboxylic acids is 2. The molecule has 3 aromatic rings. The van der Waals surface area contributed by atoms with E-state index < -0.39 is 17.7 Å². The quantitative estimate of drug-likeness (QED) is 0.321. The van der Waals surface area contributed by atoms with Gasteiger partial charge in [-0.05, 0) is 41.6 Å². The van der Waals surface area contributed by atoms with Crippen LogP contribution in [0.2, 0.25) is 0 Å². The molecule has 0 radical (unpaired) electrons. The van der Waals surface area contributed by atoms with Crippen molar-refractivity contribution in [2.75, 3.05) is 11.5 Å². The number of para-hydroxylation sites is 1. The first-order chi connectivity index (χ1) is 15.0. The molecule has 6 heteroatoms. The van der Waals surface area contributed by atoms with Crippen molar-refractivity contribution < 1.29 is 19.4 Å². The summed E-state index contributed by atoms with van der Waals surface area (Å²) in [5.74, 6) is -0.605. The number of benzene rings is 2. The topological polar surface area (TPSA) is 66.8 Å². The number of rotatable bonds is 6. The molecule has 1 aliphatic heterocycles. The SMILES string of the molecule is CC(C)COc1cccc(/C(O)=C2/C(=O)C(=O)N(c3ccccc3)C2c2cccs2)c1. The first-order valence-corrected chi connectivity index (χ1v) is 11.0. The summed E-state index contributed by atoms with van der Waals surface area (Å²) in [6.07, 6.45) is 0. The van der Waals surface area contributed by atoms with Crippen molar-refractivity contribution in [2.24, 2.45) is 5.92 Å². The van der Waals surface area contributed by atoms with Crippen LogP contribution in [0.1, 0.15) is 30.3 Å². The van der Waals surface area contributed by atoms with Crippen molar-refractivity contribution in [1.29, 1.82) is 0 Å². The van der Waals surface area contributed by atoms with Crippen molar-refractivity contribution >= 4 is 34.5 Å². The van der Waals surface area contributed by atoms with Crippen LogP contribution < -0.4 is 9.64 Å². The summed E-state index contributed by atoms with van der Waals surface area (Å²) in [5, 5.41) is 13.1. The molecule has 1 saturated heterocycles. The van der Waals surface area contributed by atoms with Crippen molar-refractivity contribution in [3.63, 3.8) is 0 Å². The highest BCUT2D eigenvalue weighted by Gasteiger charge is 2.47. The van der Waals surface area contributed by atoms with Crippen molar-refractivity contribution in [3.05, 3.63) is 88.1 Å². The van der Waals surface area contributed by atoms with E-state index in [1.54, 1.807) is 36.4 Å². The summed E-state index contributed by atoms with van der Waals surface area (Å²) in [6.45, 7) is 4.64. The number of amides is 1. The van der Waals surface area contributed by atoms with Gasteiger partial charge in [-0.1, -0.05) is 50.2 Å². The van der Waals surface area contributed by atoms with Crippen LogP contribution in [0.5, 0.6) is 5.75 Å². The Morgan fingerprint density at radius 2 is 1.84 bits per heavy atom. The van der Waals surface area contributed by atoms with Gasteiger partial charge in [0.2, 0.25) is 0 Å². The molecule has 1 unspecified atom stereocenters. The van der Waals surface area contributed by atoms with Gasteiger partial charge in [0.15, 0.2) is 0 Å². The minimum Gasteiger partial charge on any atom is -0.507 e. The van der Waals surface area contributed by atoms with Gasteiger partial charge in [0.05, 0.1) is 12.2 Å². The van der Waals surface area contributed by atoms with Gasteiger partial charge >= 0.3 is 0 Å². The summed E-state index contributed by atoms with van der Waals surface area (Å²) in [7, 11) is 0. The van der Waals surface area contributed by atoms with Crippen LogP contribution in [0.15, 0.2) is 77.7 Å². The molecule has 0 aliphatic carbocycles. The van der Waals surface area contributed by atoms with E-state index in [9.17, 15) is 14.7 Å². The Morgan fingerprint density at radius 3 is 2.52 bits per heavy atom. The standard InChI is InChI=1S/C25H23NO4S/c1-16(2)15-30-19-11-6-8-17(14-19)23(27)21-22(20-12-7-13-31-20)26(25(29)24(21)28)18-9-4-3-5-10-18/h3-14,16,22,27H,15H2,1-2H3/b23-21-. The maximum atomic E-state index is 13.1. The molecule has 0 spiro atoms. The monoisotopic (exact) mass is 433 g/mol. The lowest BCUT2D eigenvalue weighted by atomic mass is 9.99. The number of ether oxygens (including phenoxy) is 1. The summed E-state index contributed by atoms with van der Waals surface area (Å²) in [6, 6.07) is 19.1. The molecule has 2 aromatic carbocycles. The lowest BCUT2D eigenvalue weighted by Gasteiger charge is -2.24. The van der Waals surface area contributed by atoms with Gasteiger partial charge in [0.1, 0.15) is 17.6 Å². The molecule has 1 aromatic heterocycles. The van der Waals surface area contributed by atoms with Crippen LogP contribution >= 0.6 is 11.3 Å². The summed E-state index contributed by atoms with van der Waals surface area (Å²) in [4.78, 5) is 28.3. The Bertz CT molecular complexity index is 1120. The third kappa shape index (κ3) is 4.11. The van der Waals surface area contributed by atoms with E-state index in [-0.39, 0.29) is 11.3 Å². The smallest absolute Gasteiger partial charge is 0.300 e. The fraction of sp³-hybridized carbons (Fsp3) is 0.200. The van der Waals surface area contributed by atoms with E-state index >= 15 is 0 Å². The molecule has 158 valence electrons. The van der Waals surface area contributed by atoms with E-state index in [2.05, 4.69) is 13.8 Å². The highest BCUT2D eigenvalue weighted by molar-refractivity contribution is 7.10. The van der Waals surface area contributed by atoms with Crippen LogP contribution in [-0.2, 0) is 9.59 Å². The molecule has 1 aliphatic rings. The zero-order valence-electron chi connectivity index (χ0n) is 17.3. The maximum absolute atomic E-state index is 13.1. The predicted molar refractivity (Wildman–Crippen MR) is 122 cm³/mol. The number of anilines is 1. The zero-order valence-corrected chi connectivity index (χ0v) is 18.1. The summed E-state index contributed by atoms with van der Waals surface area (Å²) < 4.78 is 5.76. The molecule has 1 fully saturated rings. The number of carbonyl (C=O) groups is 2. The Hall–Kier alpha value is -3.38. The molecule has 0 saturated carbocycles. The first kappa shape index (κ1) is 20.9. The van der Waals surface area contributed by atoms with E-state index in [1.807, 2.05) is 35.7 Å². The molecule has 5 nitrogen and oxygen atoms in total. The Morgan fingerprint density at radius 1 is 1.06 bits per heavy atom. The van der Waals surface area contributed by atoms with Gasteiger partial charge in [-0.15, -0.1) is 11.3 Å². The van der Waals surface area contributed by atoms with Crippen molar-refractivity contribution in [2.45, 2.75) is 19.9 Å². The van der Waals surface area contributed by atoms with Gasteiger partial charge in [-0.2, -0.15) is 0 Å². The molecule has 0 bridgehead atoms. The van der Waals surface area contributed by atoms with Gasteiger partial charge in [-0.25, -0.2) is 0 Å². The van der Waals surface area contributed by atoms with Crippen molar-refractivity contribution in [1.82, 2.24) is 0 Å². The number of aliphatic hydroxyl groups excluding tert-OH is 1. The number of thiophene rings is 1. The highest BCUT2D eigenvalue weighted by atomic mass is 32.1. The normalized spacial score (nSPS) is 18.0. The third-order valence-corrected chi connectivity index (χ3v) is 5.91. The molecular formula is C25H23NO4S. The predicted octanol–water partition coefficient (Wildman–Crippen LogP) is 5.41. The van der Waals surface area contributed by atoms with E-state index in [1.165, 1.54) is 16.2 Å². The second-order valence-electron chi connectivity index (χ2n) is 7.75. The fourth-order valence-electron chi connectivity index (χ4n) is 3.56. The van der Waals surface area contributed by atoms with E-state index in [0.717, 1.165) is 4.88 Å². The second kappa shape index (κ2) is 8.78. The summed E-state index contributed by atoms with van der Waals surface area (Å²) in [5.41, 5.74) is 1.13. The minimum atomic E-state index is -0.701. The third-order valence-electron chi connectivity index (χ3n) is 4.98. The van der Waals surface area contributed by atoms with Crippen molar-refractivity contribution in [3.8, 4) is 5.75 Å². The lowest BCUT2D eigenvalue weighted by Crippen LogP contribution is -2.29. The number of hydrogen-bond donors (Lipinski definition) is 1. The van der Waals surface area contributed by atoms with Crippen LogP contribution in [-0.4, -0.2) is 23.4 Å². The van der Waals surface area contributed by atoms with Gasteiger partial charge < -0.3 is 9.84 Å². The molecule has 31 heavy (non-hydrogen) atoms. The van der Waals surface area contributed by atoms with E-state index in [4.69, 9.17) is 4.74 Å². The molecule has 2 heterocycles. The first-order valence-electron chi connectivity index (χ1n) is 10.1. The second-order valence-corrected chi connectivity index (χ2v) is 8.73. The van der Waals surface area contributed by atoms with Gasteiger partial charge in [-0.3, -0.25) is 14.5 Å². The highest BCUT2D eigenvalue weighted by Crippen LogP contribution is 2.43. The Labute approximate surface area is 185 Å². The summed E-state index contributed by atoms with van der Waals surface area (Å²) >= 11 is 1.44. The van der Waals surface area contributed by atoms with Crippen LogP contribution in [0.25, 0.3) is 5.76 Å². The molecule has 1 N–H and O–H groups in total. The minimum absolute atomic E-state index is 0.0808. The zero-order chi connectivity index (χ0) is 22.0. The van der Waals surface area contributed by atoms with Crippen LogP contribution in [0, 0.1) is 5.92 Å². The molecular weight excluding hydrogens is 410 g/mol. The number of nitrogens with zero attached hydrogens (tertiary/aromatic N) is 1. The number of hydrogen-bond acceptors (Lipinski definition) is 5. The fourth-order valence-corrected chi connectivity index (χ4v) is 4.38. The average Bonchev–Trinajstić information content (AvgIpc) is 3.40. The van der Waals surface area contributed by atoms with E-state index in [0.29, 0.717) is 29.5 Å². The maximum Gasteiger partial charge on any atom is 0.300 e.